The van der Waals surface area contributed by atoms with E-state index < -0.39 is 0 Å². The van der Waals surface area contributed by atoms with Crippen molar-refractivity contribution in [2.24, 2.45) is 0 Å². The lowest BCUT2D eigenvalue weighted by Crippen LogP contribution is -2.16. The van der Waals surface area contributed by atoms with E-state index in [2.05, 4.69) is 22.1 Å². The van der Waals surface area contributed by atoms with Crippen LogP contribution in [0.25, 0.3) is 0 Å². The highest BCUT2D eigenvalue weighted by Gasteiger charge is 2.20. The van der Waals surface area contributed by atoms with E-state index in [4.69, 9.17) is 27.9 Å². The summed E-state index contributed by atoms with van der Waals surface area (Å²) >= 11 is 13.3. The van der Waals surface area contributed by atoms with Crippen LogP contribution in [0.3, 0.4) is 0 Å². The first-order chi connectivity index (χ1) is 14.9. The van der Waals surface area contributed by atoms with Crippen LogP contribution in [0.4, 0.5) is 5.69 Å². The molecule has 31 heavy (non-hydrogen) atoms. The van der Waals surface area contributed by atoms with Crippen LogP contribution in [0.2, 0.25) is 10.0 Å². The van der Waals surface area contributed by atoms with Crippen LogP contribution in [0.1, 0.15) is 24.4 Å². The minimum Gasteiger partial charge on any atom is -0.482 e. The topological polar surface area (TPSA) is 69.0 Å². The number of carbonyl (C=O) groups is 1. The predicted molar refractivity (Wildman–Crippen MR) is 126 cm³/mol. The molecule has 162 valence electrons. The van der Waals surface area contributed by atoms with E-state index in [9.17, 15) is 4.79 Å². The van der Waals surface area contributed by atoms with Gasteiger partial charge in [0.15, 0.2) is 17.1 Å². The standard InChI is InChI=1S/C22H22Cl2N4O2S/c1-4-11-28-21(15(3)30-19-8-6-5-7-14(19)2)26-27-22(28)31-13-20(29)25-18-10-9-16(23)12-17(18)24/h4-10,12,15H,1,11,13H2,2-3H3,(H,25,29). The lowest BCUT2D eigenvalue weighted by atomic mass is 10.2. The van der Waals surface area contributed by atoms with Gasteiger partial charge in [-0.05, 0) is 43.7 Å². The van der Waals surface area contributed by atoms with Crippen LogP contribution >= 0.6 is 35.0 Å². The highest BCUT2D eigenvalue weighted by Crippen LogP contribution is 2.28. The molecular formula is C22H22Cl2N4O2S. The Morgan fingerprint density at radius 3 is 2.77 bits per heavy atom. The summed E-state index contributed by atoms with van der Waals surface area (Å²) in [5.41, 5.74) is 1.54. The van der Waals surface area contributed by atoms with Gasteiger partial charge in [-0.2, -0.15) is 0 Å². The van der Waals surface area contributed by atoms with Crippen molar-refractivity contribution in [2.45, 2.75) is 31.7 Å². The van der Waals surface area contributed by atoms with Crippen LogP contribution in [-0.2, 0) is 11.3 Å². The van der Waals surface area contributed by atoms with Crippen LogP contribution in [-0.4, -0.2) is 26.4 Å². The Labute approximate surface area is 195 Å². The zero-order chi connectivity index (χ0) is 22.4. The summed E-state index contributed by atoms with van der Waals surface area (Å²) < 4.78 is 7.98. The van der Waals surface area contributed by atoms with Crippen molar-refractivity contribution < 1.29 is 9.53 Å². The van der Waals surface area contributed by atoms with Gasteiger partial charge in [0.1, 0.15) is 5.75 Å². The van der Waals surface area contributed by atoms with E-state index in [1.165, 1.54) is 11.8 Å². The van der Waals surface area contributed by atoms with Crippen molar-refractivity contribution in [1.82, 2.24) is 14.8 Å². The molecule has 1 N–H and O–H groups in total. The molecule has 0 saturated carbocycles. The molecule has 0 aliphatic rings. The zero-order valence-corrected chi connectivity index (χ0v) is 19.5. The van der Waals surface area contributed by atoms with E-state index in [1.807, 2.05) is 42.7 Å². The molecular weight excluding hydrogens is 455 g/mol. The number of ether oxygens (including phenoxy) is 1. The summed E-state index contributed by atoms with van der Waals surface area (Å²) in [6.07, 6.45) is 1.43. The number of para-hydroxylation sites is 1. The average Bonchev–Trinajstić information content (AvgIpc) is 3.13. The summed E-state index contributed by atoms with van der Waals surface area (Å²) in [6.45, 7) is 8.21. The van der Waals surface area contributed by atoms with Crippen molar-refractivity contribution in [1.29, 1.82) is 0 Å². The third kappa shape index (κ3) is 6.03. The van der Waals surface area contributed by atoms with Gasteiger partial charge in [-0.15, -0.1) is 16.8 Å². The molecule has 0 spiro atoms. The lowest BCUT2D eigenvalue weighted by molar-refractivity contribution is -0.113. The lowest BCUT2D eigenvalue weighted by Gasteiger charge is -2.17. The second-order valence-electron chi connectivity index (χ2n) is 6.73. The Morgan fingerprint density at radius 1 is 1.29 bits per heavy atom. The first-order valence-corrected chi connectivity index (χ1v) is 11.3. The zero-order valence-electron chi connectivity index (χ0n) is 17.1. The Morgan fingerprint density at radius 2 is 2.06 bits per heavy atom. The van der Waals surface area contributed by atoms with Gasteiger partial charge in [0.05, 0.1) is 16.5 Å². The number of aryl methyl sites for hydroxylation is 1. The van der Waals surface area contributed by atoms with E-state index in [0.29, 0.717) is 33.3 Å². The van der Waals surface area contributed by atoms with E-state index >= 15 is 0 Å². The van der Waals surface area contributed by atoms with Gasteiger partial charge in [-0.3, -0.25) is 9.36 Å². The van der Waals surface area contributed by atoms with Crippen LogP contribution in [0.5, 0.6) is 5.75 Å². The maximum Gasteiger partial charge on any atom is 0.234 e. The number of halogens is 2. The minimum absolute atomic E-state index is 0.140. The van der Waals surface area contributed by atoms with Gasteiger partial charge >= 0.3 is 0 Å². The molecule has 0 fully saturated rings. The number of hydrogen-bond acceptors (Lipinski definition) is 5. The molecule has 3 rings (SSSR count). The second-order valence-corrected chi connectivity index (χ2v) is 8.51. The molecule has 0 radical (unpaired) electrons. The number of nitrogens with zero attached hydrogens (tertiary/aromatic N) is 3. The van der Waals surface area contributed by atoms with Crippen molar-refractivity contribution >= 4 is 46.6 Å². The Kier molecular flexibility index (Phi) is 8.01. The summed E-state index contributed by atoms with van der Waals surface area (Å²) in [7, 11) is 0. The van der Waals surface area contributed by atoms with Gasteiger partial charge in [-0.25, -0.2) is 0 Å². The maximum atomic E-state index is 12.4. The van der Waals surface area contributed by atoms with Crippen LogP contribution in [0.15, 0.2) is 60.3 Å². The quantitative estimate of drug-likeness (QED) is 0.305. The van der Waals surface area contributed by atoms with E-state index in [1.54, 1.807) is 24.3 Å². The van der Waals surface area contributed by atoms with Crippen LogP contribution in [0, 0.1) is 6.92 Å². The Balaban J connectivity index is 1.69. The number of anilines is 1. The normalized spacial score (nSPS) is 11.7. The monoisotopic (exact) mass is 476 g/mol. The summed E-state index contributed by atoms with van der Waals surface area (Å²) in [5.74, 6) is 1.37. The number of benzene rings is 2. The third-order valence-electron chi connectivity index (χ3n) is 4.36. The number of allylic oxidation sites excluding steroid dienone is 1. The highest BCUT2D eigenvalue weighted by atomic mass is 35.5. The average molecular weight is 477 g/mol. The van der Waals surface area contributed by atoms with E-state index in [-0.39, 0.29) is 17.8 Å². The molecule has 3 aromatic rings. The predicted octanol–water partition coefficient (Wildman–Crippen LogP) is 5.95. The molecule has 1 atom stereocenters. The van der Waals surface area contributed by atoms with Crippen molar-refractivity contribution in [3.8, 4) is 5.75 Å². The molecule has 0 aliphatic heterocycles. The molecule has 1 amide bonds. The number of nitrogens with one attached hydrogen (secondary N) is 1. The van der Waals surface area contributed by atoms with Gasteiger partial charge in [0, 0.05) is 11.6 Å². The minimum atomic E-state index is -0.329. The number of amides is 1. The van der Waals surface area contributed by atoms with Gasteiger partial charge in [-0.1, -0.05) is 59.2 Å². The fourth-order valence-electron chi connectivity index (χ4n) is 2.85. The molecule has 6 nitrogen and oxygen atoms in total. The van der Waals surface area contributed by atoms with Crippen molar-refractivity contribution in [2.75, 3.05) is 11.1 Å². The summed E-state index contributed by atoms with van der Waals surface area (Å²) in [4.78, 5) is 12.4. The van der Waals surface area contributed by atoms with Gasteiger partial charge in [0.2, 0.25) is 5.91 Å². The molecule has 0 bridgehead atoms. The Hall–Kier alpha value is -2.48. The number of carbonyl (C=O) groups excluding carboxylic acids is 1. The molecule has 1 heterocycles. The van der Waals surface area contributed by atoms with Gasteiger partial charge < -0.3 is 10.1 Å². The Bertz CT molecular complexity index is 1090. The number of aromatic nitrogens is 3. The molecule has 2 aromatic carbocycles. The van der Waals surface area contributed by atoms with Crippen molar-refractivity contribution in [3.05, 3.63) is 76.6 Å². The smallest absolute Gasteiger partial charge is 0.234 e. The SMILES string of the molecule is C=CCn1c(SCC(=O)Nc2ccc(Cl)cc2Cl)nnc1C(C)Oc1ccccc1C. The summed E-state index contributed by atoms with van der Waals surface area (Å²) in [6, 6.07) is 12.7. The first-order valence-electron chi connectivity index (χ1n) is 9.53. The maximum absolute atomic E-state index is 12.4. The molecule has 1 aromatic heterocycles. The molecule has 9 heteroatoms. The number of hydrogen-bond donors (Lipinski definition) is 1. The molecule has 0 saturated heterocycles. The van der Waals surface area contributed by atoms with Crippen LogP contribution < -0.4 is 10.1 Å². The molecule has 1 unspecified atom stereocenters. The highest BCUT2D eigenvalue weighted by molar-refractivity contribution is 7.99. The second kappa shape index (κ2) is 10.7. The first kappa shape index (κ1) is 23.2. The largest absolute Gasteiger partial charge is 0.482 e. The number of thioether (sulfide) groups is 1. The van der Waals surface area contributed by atoms with Crippen molar-refractivity contribution in [3.63, 3.8) is 0 Å². The third-order valence-corrected chi connectivity index (χ3v) is 5.87. The van der Waals surface area contributed by atoms with E-state index in [0.717, 1.165) is 11.3 Å². The summed E-state index contributed by atoms with van der Waals surface area (Å²) in [5, 5.41) is 12.8. The fraction of sp³-hybridized carbons (Fsp3) is 0.227. The van der Waals surface area contributed by atoms with Gasteiger partial charge in [0.25, 0.3) is 0 Å². The molecule has 0 aliphatic carbocycles. The number of rotatable bonds is 9. The fourth-order valence-corrected chi connectivity index (χ4v) is 4.06.